The van der Waals surface area contributed by atoms with Crippen LogP contribution in [0.5, 0.6) is 0 Å². The number of amides is 1. The largest absolute Gasteiger partial charge is 0.380 e. The molecule has 0 aliphatic heterocycles. The van der Waals surface area contributed by atoms with Gasteiger partial charge in [0.05, 0.1) is 18.5 Å². The Bertz CT molecular complexity index is 595. The molecule has 1 heterocycles. The zero-order valence-electron chi connectivity index (χ0n) is 12.3. The summed E-state index contributed by atoms with van der Waals surface area (Å²) in [5.74, 6) is -0.0740. The molecule has 2 rings (SSSR count). The van der Waals surface area contributed by atoms with Gasteiger partial charge in [0.2, 0.25) is 5.91 Å². The van der Waals surface area contributed by atoms with E-state index in [9.17, 15) is 4.79 Å². The number of methoxy groups -OCH3 is 1. The Morgan fingerprint density at radius 3 is 2.81 bits per heavy atom. The summed E-state index contributed by atoms with van der Waals surface area (Å²) in [6.45, 7) is 1.50. The Balaban J connectivity index is 1.95. The predicted octanol–water partition coefficient (Wildman–Crippen LogP) is 1.39. The molecule has 0 fully saturated rings. The number of hydrogen-bond acceptors (Lipinski definition) is 4. The third-order valence-electron chi connectivity index (χ3n) is 3.12. The van der Waals surface area contributed by atoms with Crippen molar-refractivity contribution in [1.82, 2.24) is 15.1 Å². The summed E-state index contributed by atoms with van der Waals surface area (Å²) in [6, 6.07) is 8.12. The van der Waals surface area contributed by atoms with Crippen LogP contribution in [0.15, 0.2) is 36.7 Å². The van der Waals surface area contributed by atoms with E-state index in [4.69, 9.17) is 4.74 Å². The number of likely N-dealkylation sites (N-methyl/N-ethyl adjacent to an activating group) is 1. The minimum absolute atomic E-state index is 0.0740. The first kappa shape index (κ1) is 15.1. The van der Waals surface area contributed by atoms with E-state index in [0.29, 0.717) is 13.2 Å². The number of hydrogen-bond donors (Lipinski definition) is 2. The maximum absolute atomic E-state index is 11.3. The number of carbonyl (C=O) groups excluding carboxylic acids is 1. The summed E-state index contributed by atoms with van der Waals surface area (Å²) in [5, 5.41) is 10.0. The Morgan fingerprint density at radius 1 is 1.33 bits per heavy atom. The molecule has 1 amide bonds. The topological polar surface area (TPSA) is 68.2 Å². The summed E-state index contributed by atoms with van der Waals surface area (Å²) in [6.07, 6.45) is 3.52. The maximum Gasteiger partial charge on any atom is 0.241 e. The minimum Gasteiger partial charge on any atom is -0.380 e. The van der Waals surface area contributed by atoms with E-state index in [-0.39, 0.29) is 12.5 Å². The average molecular weight is 288 g/mol. The Hall–Kier alpha value is -2.34. The molecule has 112 valence electrons. The van der Waals surface area contributed by atoms with Crippen molar-refractivity contribution in [2.75, 3.05) is 19.5 Å². The van der Waals surface area contributed by atoms with Crippen LogP contribution >= 0.6 is 0 Å². The van der Waals surface area contributed by atoms with Crippen molar-refractivity contribution >= 4 is 11.6 Å². The number of aromatic nitrogens is 2. The molecule has 21 heavy (non-hydrogen) atoms. The van der Waals surface area contributed by atoms with Gasteiger partial charge in [0.25, 0.3) is 0 Å². The summed E-state index contributed by atoms with van der Waals surface area (Å²) in [7, 11) is 3.30. The monoisotopic (exact) mass is 288 g/mol. The quantitative estimate of drug-likeness (QED) is 0.808. The molecule has 0 spiro atoms. The van der Waals surface area contributed by atoms with E-state index in [0.717, 1.165) is 11.3 Å². The number of anilines is 1. The lowest BCUT2D eigenvalue weighted by atomic mass is 10.1. The molecule has 0 aliphatic rings. The number of rotatable bonds is 7. The highest BCUT2D eigenvalue weighted by Crippen LogP contribution is 2.13. The third kappa shape index (κ3) is 4.32. The second-order valence-electron chi connectivity index (χ2n) is 4.66. The third-order valence-corrected chi connectivity index (χ3v) is 3.12. The van der Waals surface area contributed by atoms with E-state index < -0.39 is 0 Å². The summed E-state index contributed by atoms with van der Waals surface area (Å²) in [4.78, 5) is 11.3. The van der Waals surface area contributed by atoms with Gasteiger partial charge in [0.15, 0.2) is 0 Å². The summed E-state index contributed by atoms with van der Waals surface area (Å²) < 4.78 is 6.79. The van der Waals surface area contributed by atoms with Crippen LogP contribution in [0.4, 0.5) is 5.69 Å². The number of nitrogens with zero attached hydrogens (tertiary/aromatic N) is 2. The van der Waals surface area contributed by atoms with E-state index in [1.54, 1.807) is 25.0 Å². The molecule has 2 N–H and O–H groups in total. The molecule has 1 aromatic carbocycles. The van der Waals surface area contributed by atoms with Gasteiger partial charge in [-0.1, -0.05) is 24.3 Å². The highest BCUT2D eigenvalue weighted by atomic mass is 16.5. The molecular formula is C15H20N4O2. The van der Waals surface area contributed by atoms with Gasteiger partial charge >= 0.3 is 0 Å². The predicted molar refractivity (Wildman–Crippen MR) is 80.8 cm³/mol. The van der Waals surface area contributed by atoms with Crippen molar-refractivity contribution in [1.29, 1.82) is 0 Å². The second kappa shape index (κ2) is 7.44. The standard InChI is InChI=1S/C15H20N4O2/c1-16-15(20)10-19-9-14(8-18-19)17-7-12-5-3-4-6-13(12)11-21-2/h3-6,8-9,17H,7,10-11H2,1-2H3,(H,16,20). The fourth-order valence-corrected chi connectivity index (χ4v) is 1.99. The smallest absolute Gasteiger partial charge is 0.241 e. The van der Waals surface area contributed by atoms with Crippen molar-refractivity contribution in [2.45, 2.75) is 19.7 Å². The molecule has 0 saturated heterocycles. The van der Waals surface area contributed by atoms with Gasteiger partial charge in [-0.15, -0.1) is 0 Å². The van der Waals surface area contributed by atoms with E-state index in [2.05, 4.69) is 27.9 Å². The van der Waals surface area contributed by atoms with Gasteiger partial charge in [0.1, 0.15) is 6.54 Å². The van der Waals surface area contributed by atoms with Gasteiger partial charge in [-0.3, -0.25) is 9.48 Å². The second-order valence-corrected chi connectivity index (χ2v) is 4.66. The Morgan fingerprint density at radius 2 is 2.10 bits per heavy atom. The summed E-state index contributed by atoms with van der Waals surface area (Å²) in [5.41, 5.74) is 3.22. The van der Waals surface area contributed by atoms with E-state index in [1.807, 2.05) is 18.3 Å². The molecule has 6 nitrogen and oxygen atoms in total. The SMILES string of the molecule is CNC(=O)Cn1cc(NCc2ccccc2COC)cn1. The van der Waals surface area contributed by atoms with Crippen LogP contribution in [0.25, 0.3) is 0 Å². The average Bonchev–Trinajstić information content (AvgIpc) is 2.94. The number of nitrogens with one attached hydrogen (secondary N) is 2. The first-order valence-electron chi connectivity index (χ1n) is 6.75. The summed E-state index contributed by atoms with van der Waals surface area (Å²) >= 11 is 0. The van der Waals surface area contributed by atoms with Crippen molar-refractivity contribution in [3.63, 3.8) is 0 Å². The molecule has 0 bridgehead atoms. The molecule has 1 aromatic heterocycles. The highest BCUT2D eigenvalue weighted by Gasteiger charge is 2.04. The molecule has 0 atom stereocenters. The first-order chi connectivity index (χ1) is 10.2. The molecule has 6 heteroatoms. The van der Waals surface area contributed by atoms with Crippen LogP contribution in [0.2, 0.25) is 0 Å². The fourth-order valence-electron chi connectivity index (χ4n) is 1.99. The zero-order chi connectivity index (χ0) is 15.1. The lowest BCUT2D eigenvalue weighted by molar-refractivity contribution is -0.121. The van der Waals surface area contributed by atoms with Crippen LogP contribution < -0.4 is 10.6 Å². The lowest BCUT2D eigenvalue weighted by Crippen LogP contribution is -2.23. The van der Waals surface area contributed by atoms with Gasteiger partial charge in [-0.05, 0) is 11.1 Å². The van der Waals surface area contributed by atoms with Gasteiger partial charge in [-0.25, -0.2) is 0 Å². The molecule has 0 saturated carbocycles. The molecule has 0 radical (unpaired) electrons. The van der Waals surface area contributed by atoms with Crippen molar-refractivity contribution in [2.24, 2.45) is 0 Å². The van der Waals surface area contributed by atoms with Crippen LogP contribution in [-0.4, -0.2) is 29.8 Å². The molecule has 2 aromatic rings. The first-order valence-corrected chi connectivity index (χ1v) is 6.75. The minimum atomic E-state index is -0.0740. The molecular weight excluding hydrogens is 268 g/mol. The molecule has 0 aliphatic carbocycles. The number of ether oxygens (including phenoxy) is 1. The Labute approximate surface area is 124 Å². The van der Waals surface area contributed by atoms with Gasteiger partial charge < -0.3 is 15.4 Å². The van der Waals surface area contributed by atoms with Crippen molar-refractivity contribution in [3.05, 3.63) is 47.8 Å². The van der Waals surface area contributed by atoms with E-state index in [1.165, 1.54) is 5.56 Å². The van der Waals surface area contributed by atoms with Crippen LogP contribution in [-0.2, 0) is 29.2 Å². The van der Waals surface area contributed by atoms with Gasteiger partial charge in [0, 0.05) is 26.9 Å². The highest BCUT2D eigenvalue weighted by molar-refractivity contribution is 5.75. The Kier molecular flexibility index (Phi) is 5.34. The maximum atomic E-state index is 11.3. The molecule has 0 unspecified atom stereocenters. The van der Waals surface area contributed by atoms with Crippen LogP contribution in [0.1, 0.15) is 11.1 Å². The zero-order valence-corrected chi connectivity index (χ0v) is 12.3. The van der Waals surface area contributed by atoms with E-state index >= 15 is 0 Å². The van der Waals surface area contributed by atoms with Crippen LogP contribution in [0.3, 0.4) is 0 Å². The number of benzene rings is 1. The van der Waals surface area contributed by atoms with Crippen molar-refractivity contribution in [3.8, 4) is 0 Å². The lowest BCUT2D eigenvalue weighted by Gasteiger charge is -2.09. The normalized spacial score (nSPS) is 10.4. The van der Waals surface area contributed by atoms with Crippen LogP contribution in [0, 0.1) is 0 Å². The number of carbonyl (C=O) groups is 1. The fraction of sp³-hybridized carbons (Fsp3) is 0.333. The van der Waals surface area contributed by atoms with Gasteiger partial charge in [-0.2, -0.15) is 5.10 Å². The van der Waals surface area contributed by atoms with Crippen molar-refractivity contribution < 1.29 is 9.53 Å².